The molecule has 0 unspecified atom stereocenters. The molecule has 0 fully saturated rings. The first-order valence-electron chi connectivity index (χ1n) is 5.20. The molecule has 17 heavy (non-hydrogen) atoms. The van der Waals surface area contributed by atoms with Gasteiger partial charge in [-0.05, 0) is 23.6 Å². The lowest BCUT2D eigenvalue weighted by atomic mass is 10.1. The number of benzene rings is 1. The van der Waals surface area contributed by atoms with Gasteiger partial charge in [0.1, 0.15) is 12.3 Å². The summed E-state index contributed by atoms with van der Waals surface area (Å²) in [6.07, 6.45) is 0.779. The van der Waals surface area contributed by atoms with E-state index in [0.29, 0.717) is 17.7 Å². The van der Waals surface area contributed by atoms with Crippen molar-refractivity contribution in [3.8, 4) is 0 Å². The number of nitrogens with zero attached hydrogens (tertiary/aromatic N) is 2. The van der Waals surface area contributed by atoms with Crippen molar-refractivity contribution in [2.24, 2.45) is 0 Å². The van der Waals surface area contributed by atoms with Gasteiger partial charge in [0.2, 0.25) is 0 Å². The molecule has 0 saturated carbocycles. The van der Waals surface area contributed by atoms with Crippen LogP contribution in [-0.4, -0.2) is 25.0 Å². The first-order valence-corrected chi connectivity index (χ1v) is 5.20. The van der Waals surface area contributed by atoms with Gasteiger partial charge in [0.15, 0.2) is 0 Å². The highest BCUT2D eigenvalue weighted by Gasteiger charge is 2.26. The van der Waals surface area contributed by atoms with E-state index in [9.17, 15) is 14.9 Å². The fourth-order valence-electron chi connectivity index (χ4n) is 2.13. The second-order valence-corrected chi connectivity index (χ2v) is 3.96. The zero-order chi connectivity index (χ0) is 12.4. The van der Waals surface area contributed by atoms with Crippen LogP contribution >= 0.6 is 0 Å². The van der Waals surface area contributed by atoms with E-state index < -0.39 is 4.92 Å². The van der Waals surface area contributed by atoms with Crippen LogP contribution in [0.3, 0.4) is 0 Å². The Balaban J connectivity index is 2.44. The maximum Gasteiger partial charge on any atom is 0.293 e. The monoisotopic (exact) mass is 236 g/mol. The summed E-state index contributed by atoms with van der Waals surface area (Å²) in [5.41, 5.74) is 2.33. The Morgan fingerprint density at radius 2 is 2.35 bits per heavy atom. The number of carbonyl (C=O) groups is 1. The third kappa shape index (κ3) is 2.06. The van der Waals surface area contributed by atoms with Gasteiger partial charge < -0.3 is 9.64 Å². The van der Waals surface area contributed by atoms with E-state index in [1.54, 1.807) is 0 Å². The molecule has 0 aliphatic carbocycles. The average molecular weight is 236 g/mol. The summed E-state index contributed by atoms with van der Waals surface area (Å²) in [5, 5.41) is 11.0. The minimum Gasteiger partial charge on any atom is -0.463 e. The van der Waals surface area contributed by atoms with Gasteiger partial charge in [0, 0.05) is 19.7 Å². The van der Waals surface area contributed by atoms with Gasteiger partial charge >= 0.3 is 0 Å². The molecular weight excluding hydrogens is 224 g/mol. The first-order chi connectivity index (χ1) is 8.13. The minimum absolute atomic E-state index is 0.0708. The van der Waals surface area contributed by atoms with Crippen molar-refractivity contribution in [2.45, 2.75) is 13.0 Å². The maximum absolute atomic E-state index is 11.0. The predicted molar refractivity (Wildman–Crippen MR) is 60.9 cm³/mol. The Morgan fingerprint density at radius 1 is 1.59 bits per heavy atom. The predicted octanol–water partition coefficient (Wildman–Crippen LogP) is 1.26. The van der Waals surface area contributed by atoms with Crippen LogP contribution in [-0.2, 0) is 22.6 Å². The van der Waals surface area contributed by atoms with Gasteiger partial charge in [-0.1, -0.05) is 0 Å². The smallest absolute Gasteiger partial charge is 0.293 e. The number of rotatable bonds is 4. The van der Waals surface area contributed by atoms with E-state index in [1.165, 1.54) is 6.07 Å². The van der Waals surface area contributed by atoms with Crippen molar-refractivity contribution in [1.29, 1.82) is 0 Å². The molecule has 0 radical (unpaired) electrons. The number of nitro benzene ring substituents is 1. The lowest BCUT2D eigenvalue weighted by molar-refractivity contribution is -0.384. The average Bonchev–Trinajstić information content (AvgIpc) is 2.67. The number of anilines is 1. The molecule has 1 aliphatic heterocycles. The van der Waals surface area contributed by atoms with Crippen LogP contribution in [0.1, 0.15) is 11.1 Å². The second-order valence-electron chi connectivity index (χ2n) is 3.96. The van der Waals surface area contributed by atoms with Gasteiger partial charge in [0.25, 0.3) is 12.2 Å². The third-order valence-electron chi connectivity index (χ3n) is 2.84. The number of likely N-dealkylation sites (N-methyl/N-ethyl adjacent to an activating group) is 1. The number of nitro groups is 1. The fraction of sp³-hybridized carbons (Fsp3) is 0.364. The second kappa shape index (κ2) is 4.40. The maximum atomic E-state index is 11.0. The molecule has 6 nitrogen and oxygen atoms in total. The molecule has 1 aliphatic rings. The topological polar surface area (TPSA) is 72.7 Å². The van der Waals surface area contributed by atoms with Crippen LogP contribution in [0.5, 0.6) is 0 Å². The first kappa shape index (κ1) is 11.4. The zero-order valence-corrected chi connectivity index (χ0v) is 9.38. The third-order valence-corrected chi connectivity index (χ3v) is 2.84. The van der Waals surface area contributed by atoms with Crippen LogP contribution in [0.25, 0.3) is 0 Å². The zero-order valence-electron chi connectivity index (χ0n) is 9.38. The lowest BCUT2D eigenvalue weighted by Gasteiger charge is -2.12. The summed E-state index contributed by atoms with van der Waals surface area (Å²) in [7, 11) is 1.83. The highest BCUT2D eigenvalue weighted by atomic mass is 16.6. The van der Waals surface area contributed by atoms with Crippen molar-refractivity contribution < 1.29 is 14.5 Å². The quantitative estimate of drug-likeness (QED) is 0.447. The van der Waals surface area contributed by atoms with Gasteiger partial charge in [0.05, 0.1) is 4.92 Å². The van der Waals surface area contributed by atoms with E-state index in [-0.39, 0.29) is 12.3 Å². The highest BCUT2D eigenvalue weighted by Crippen LogP contribution is 2.37. The molecule has 0 spiro atoms. The number of ether oxygens (including phenoxy) is 1. The van der Waals surface area contributed by atoms with Crippen LogP contribution in [0.4, 0.5) is 11.4 Å². The largest absolute Gasteiger partial charge is 0.463 e. The highest BCUT2D eigenvalue weighted by molar-refractivity contribution is 5.71. The molecule has 0 atom stereocenters. The van der Waals surface area contributed by atoms with Crippen LogP contribution in [0, 0.1) is 10.1 Å². The number of hydrogen-bond acceptors (Lipinski definition) is 5. The van der Waals surface area contributed by atoms with E-state index in [0.717, 1.165) is 18.5 Å². The van der Waals surface area contributed by atoms with Crippen molar-refractivity contribution >= 4 is 17.8 Å². The Labute approximate surface area is 97.9 Å². The van der Waals surface area contributed by atoms with Crippen LogP contribution in [0.15, 0.2) is 12.1 Å². The van der Waals surface area contributed by atoms with E-state index >= 15 is 0 Å². The van der Waals surface area contributed by atoms with Crippen LogP contribution < -0.4 is 4.90 Å². The van der Waals surface area contributed by atoms with Crippen molar-refractivity contribution in [3.63, 3.8) is 0 Å². The standard InChI is InChI=1S/C11H12N2O4/c1-12-3-2-9-4-8(6-17-7-14)5-10(11(9)12)13(15)16/h4-5,7H,2-3,6H2,1H3. The molecule has 90 valence electrons. The molecule has 2 rings (SSSR count). The molecule has 0 N–H and O–H groups in total. The van der Waals surface area contributed by atoms with Gasteiger partial charge in [-0.2, -0.15) is 0 Å². The summed E-state index contributed by atoms with van der Waals surface area (Å²) >= 11 is 0. The summed E-state index contributed by atoms with van der Waals surface area (Å²) in [4.78, 5) is 22.6. The minimum atomic E-state index is -0.398. The van der Waals surface area contributed by atoms with E-state index in [4.69, 9.17) is 0 Å². The molecule has 6 heteroatoms. The fourth-order valence-corrected chi connectivity index (χ4v) is 2.13. The molecule has 1 aromatic rings. The van der Waals surface area contributed by atoms with Gasteiger partial charge in [-0.25, -0.2) is 0 Å². The Hall–Kier alpha value is -2.11. The molecule has 1 aromatic carbocycles. The number of fused-ring (bicyclic) bond motifs is 1. The number of carbonyl (C=O) groups excluding carboxylic acids is 1. The van der Waals surface area contributed by atoms with Gasteiger partial charge in [-0.15, -0.1) is 0 Å². The Kier molecular flexibility index (Phi) is 2.95. The Morgan fingerprint density at radius 3 is 3.00 bits per heavy atom. The van der Waals surface area contributed by atoms with E-state index in [1.807, 2.05) is 18.0 Å². The SMILES string of the molecule is CN1CCc2cc(COC=O)cc([N+](=O)[O-])c21. The molecule has 0 amide bonds. The van der Waals surface area contributed by atoms with Crippen molar-refractivity contribution in [3.05, 3.63) is 33.4 Å². The van der Waals surface area contributed by atoms with Gasteiger partial charge in [-0.3, -0.25) is 14.9 Å². The molecule has 0 bridgehead atoms. The summed E-state index contributed by atoms with van der Waals surface area (Å²) in [6, 6.07) is 3.32. The lowest BCUT2D eigenvalue weighted by Crippen LogP contribution is -2.14. The summed E-state index contributed by atoms with van der Waals surface area (Å²) < 4.78 is 4.62. The molecule has 0 saturated heterocycles. The van der Waals surface area contributed by atoms with Crippen molar-refractivity contribution in [1.82, 2.24) is 0 Å². The van der Waals surface area contributed by atoms with E-state index in [2.05, 4.69) is 4.74 Å². The van der Waals surface area contributed by atoms with Crippen LogP contribution in [0.2, 0.25) is 0 Å². The summed E-state index contributed by atoms with van der Waals surface area (Å²) in [5.74, 6) is 0. The number of hydrogen-bond donors (Lipinski definition) is 0. The molecule has 0 aromatic heterocycles. The molecular formula is C11H12N2O4. The summed E-state index contributed by atoms with van der Waals surface area (Å²) in [6.45, 7) is 1.18. The molecule has 1 heterocycles. The Bertz CT molecular complexity index is 473. The normalized spacial score (nSPS) is 13.4. The van der Waals surface area contributed by atoms with Crippen molar-refractivity contribution in [2.75, 3.05) is 18.5 Å².